The van der Waals surface area contributed by atoms with E-state index >= 15 is 0 Å². The van der Waals surface area contributed by atoms with E-state index in [4.69, 9.17) is 10.00 Å². The molecule has 2 nitrogen and oxygen atoms in total. The first kappa shape index (κ1) is 16.7. The molecule has 132 valence electrons. The summed E-state index contributed by atoms with van der Waals surface area (Å²) >= 11 is 0. The van der Waals surface area contributed by atoms with E-state index in [1.54, 1.807) is 6.08 Å². The lowest BCUT2D eigenvalue weighted by Crippen LogP contribution is -2.48. The molecule has 5 rings (SSSR count). The van der Waals surface area contributed by atoms with Crippen molar-refractivity contribution in [2.75, 3.05) is 0 Å². The van der Waals surface area contributed by atoms with Gasteiger partial charge in [0.25, 0.3) is 0 Å². The van der Waals surface area contributed by atoms with Crippen LogP contribution in [0.15, 0.2) is 24.3 Å². The average Bonchev–Trinajstić information content (AvgIpc) is 2.53. The molecule has 4 aliphatic rings. The van der Waals surface area contributed by atoms with Crippen LogP contribution in [0.1, 0.15) is 70.4 Å². The Bertz CT molecular complexity index is 702. The molecule has 1 aromatic carbocycles. The zero-order chi connectivity index (χ0) is 17.6. The van der Waals surface area contributed by atoms with Crippen LogP contribution in [-0.2, 0) is 5.41 Å². The first-order valence-corrected chi connectivity index (χ1v) is 9.87. The highest BCUT2D eigenvalue weighted by atomic mass is 16.5. The third-order valence-corrected chi connectivity index (χ3v) is 6.69. The molecule has 25 heavy (non-hydrogen) atoms. The summed E-state index contributed by atoms with van der Waals surface area (Å²) in [7, 11) is 0. The van der Waals surface area contributed by atoms with Crippen LogP contribution in [0.2, 0.25) is 0 Å². The van der Waals surface area contributed by atoms with Crippen LogP contribution in [-0.4, -0.2) is 6.10 Å². The Balaban J connectivity index is 1.79. The number of nitrogens with zero attached hydrogens (tertiary/aromatic N) is 1. The second kappa shape index (κ2) is 6.20. The van der Waals surface area contributed by atoms with Gasteiger partial charge in [-0.1, -0.05) is 6.07 Å². The zero-order valence-corrected chi connectivity index (χ0v) is 15.7. The molecule has 4 fully saturated rings. The maximum absolute atomic E-state index is 9.02. The number of allylic oxidation sites excluding steroid dienone is 2. The third-order valence-electron chi connectivity index (χ3n) is 6.69. The van der Waals surface area contributed by atoms with Gasteiger partial charge in [0.05, 0.1) is 12.2 Å². The molecule has 0 N–H and O–H groups in total. The summed E-state index contributed by atoms with van der Waals surface area (Å²) < 4.78 is 6.25. The lowest BCUT2D eigenvalue weighted by Gasteiger charge is -2.57. The van der Waals surface area contributed by atoms with Gasteiger partial charge >= 0.3 is 0 Å². The van der Waals surface area contributed by atoms with E-state index in [-0.39, 0.29) is 6.10 Å². The van der Waals surface area contributed by atoms with E-state index in [9.17, 15) is 0 Å². The highest BCUT2D eigenvalue weighted by Gasteiger charge is 2.52. The van der Waals surface area contributed by atoms with Crippen molar-refractivity contribution < 1.29 is 4.74 Å². The normalized spacial score (nSPS) is 33.6. The number of ether oxygens (including phenoxy) is 1. The van der Waals surface area contributed by atoms with Gasteiger partial charge in [-0.15, -0.1) is 0 Å². The molecular weight excluding hydrogens is 306 g/mol. The maximum Gasteiger partial charge on any atom is 0.123 e. The second-order valence-corrected chi connectivity index (χ2v) is 9.03. The summed E-state index contributed by atoms with van der Waals surface area (Å²) in [5.41, 5.74) is 3.94. The molecule has 0 radical (unpaired) electrons. The fourth-order valence-electron chi connectivity index (χ4n) is 6.17. The molecule has 0 unspecified atom stereocenters. The Labute approximate surface area is 151 Å². The Hall–Kier alpha value is -1.75. The fourth-order valence-corrected chi connectivity index (χ4v) is 6.17. The van der Waals surface area contributed by atoms with Gasteiger partial charge in [0.15, 0.2) is 0 Å². The van der Waals surface area contributed by atoms with Gasteiger partial charge in [0, 0.05) is 11.6 Å². The molecule has 0 saturated heterocycles. The number of benzene rings is 1. The van der Waals surface area contributed by atoms with Crippen LogP contribution in [0.3, 0.4) is 0 Å². The van der Waals surface area contributed by atoms with Gasteiger partial charge in [-0.05, 0) is 106 Å². The largest absolute Gasteiger partial charge is 0.491 e. The van der Waals surface area contributed by atoms with Gasteiger partial charge in [0.2, 0.25) is 0 Å². The van der Waals surface area contributed by atoms with E-state index in [1.165, 1.54) is 49.7 Å². The Morgan fingerprint density at radius 2 is 1.76 bits per heavy atom. The van der Waals surface area contributed by atoms with Crippen molar-refractivity contribution in [3.63, 3.8) is 0 Å². The van der Waals surface area contributed by atoms with Crippen molar-refractivity contribution in [1.29, 1.82) is 5.26 Å². The van der Waals surface area contributed by atoms with Crippen LogP contribution in [0, 0.1) is 29.1 Å². The lowest BCUT2D eigenvalue weighted by molar-refractivity contribution is -0.00671. The minimum Gasteiger partial charge on any atom is -0.491 e. The lowest BCUT2D eigenvalue weighted by atomic mass is 9.48. The van der Waals surface area contributed by atoms with Gasteiger partial charge in [-0.3, -0.25) is 0 Å². The van der Waals surface area contributed by atoms with E-state index in [1.807, 2.05) is 6.92 Å². The predicted molar refractivity (Wildman–Crippen MR) is 101 cm³/mol. The van der Waals surface area contributed by atoms with E-state index in [0.29, 0.717) is 5.41 Å². The Morgan fingerprint density at radius 1 is 1.16 bits per heavy atom. The van der Waals surface area contributed by atoms with Crippen molar-refractivity contribution in [2.45, 2.75) is 70.8 Å². The summed E-state index contributed by atoms with van der Waals surface area (Å²) in [6.07, 6.45) is 10.2. The monoisotopic (exact) mass is 335 g/mol. The molecule has 2 heteroatoms. The molecule has 0 heterocycles. The van der Waals surface area contributed by atoms with Crippen molar-refractivity contribution in [2.24, 2.45) is 17.8 Å². The summed E-state index contributed by atoms with van der Waals surface area (Å²) in [4.78, 5) is 0. The summed E-state index contributed by atoms with van der Waals surface area (Å²) in [6.45, 7) is 6.25. The minimum absolute atomic E-state index is 0.189. The molecule has 0 aromatic heterocycles. The first-order chi connectivity index (χ1) is 12.0. The zero-order valence-electron chi connectivity index (χ0n) is 15.7. The van der Waals surface area contributed by atoms with Crippen LogP contribution >= 0.6 is 0 Å². The van der Waals surface area contributed by atoms with Crippen LogP contribution < -0.4 is 4.74 Å². The van der Waals surface area contributed by atoms with Crippen LogP contribution in [0.25, 0.3) is 5.57 Å². The van der Waals surface area contributed by atoms with Crippen molar-refractivity contribution in [1.82, 2.24) is 0 Å². The molecule has 0 atom stereocenters. The SMILES string of the molecule is CC(=CC#N)c1ccc(OC(C)C)c(C23CC4CC(CC(C4)C2)C3)c1. The third kappa shape index (κ3) is 2.99. The molecular formula is C23H29NO. The van der Waals surface area contributed by atoms with Crippen molar-refractivity contribution in [3.8, 4) is 11.8 Å². The van der Waals surface area contributed by atoms with E-state index in [2.05, 4.69) is 38.1 Å². The molecule has 0 aliphatic heterocycles. The summed E-state index contributed by atoms with van der Waals surface area (Å²) in [5.74, 6) is 3.82. The van der Waals surface area contributed by atoms with Crippen molar-refractivity contribution >= 4 is 5.57 Å². The number of hydrogen-bond donors (Lipinski definition) is 0. The predicted octanol–water partition coefficient (Wildman–Crippen LogP) is 5.87. The summed E-state index contributed by atoms with van der Waals surface area (Å²) in [5, 5.41) is 9.02. The quantitative estimate of drug-likeness (QED) is 0.645. The van der Waals surface area contributed by atoms with Crippen LogP contribution in [0.4, 0.5) is 0 Å². The van der Waals surface area contributed by atoms with Gasteiger partial charge < -0.3 is 4.74 Å². The van der Waals surface area contributed by atoms with Gasteiger partial charge in [-0.25, -0.2) is 0 Å². The van der Waals surface area contributed by atoms with Crippen molar-refractivity contribution in [3.05, 3.63) is 35.4 Å². The average molecular weight is 335 g/mol. The van der Waals surface area contributed by atoms with E-state index in [0.717, 1.165) is 29.1 Å². The van der Waals surface area contributed by atoms with Gasteiger partial charge in [0.1, 0.15) is 5.75 Å². The number of nitriles is 1. The molecule has 4 saturated carbocycles. The number of hydrogen-bond acceptors (Lipinski definition) is 2. The first-order valence-electron chi connectivity index (χ1n) is 9.87. The molecule has 4 bridgehead atoms. The Morgan fingerprint density at radius 3 is 2.28 bits per heavy atom. The molecule has 1 aromatic rings. The molecule has 4 aliphatic carbocycles. The highest BCUT2D eigenvalue weighted by Crippen LogP contribution is 2.62. The van der Waals surface area contributed by atoms with E-state index < -0.39 is 0 Å². The number of rotatable bonds is 4. The topological polar surface area (TPSA) is 33.0 Å². The smallest absolute Gasteiger partial charge is 0.123 e. The maximum atomic E-state index is 9.02. The molecule has 0 amide bonds. The molecule has 0 spiro atoms. The van der Waals surface area contributed by atoms with Gasteiger partial charge in [-0.2, -0.15) is 5.26 Å². The fraction of sp³-hybridized carbons (Fsp3) is 0.609. The Kier molecular flexibility index (Phi) is 4.14. The standard InChI is InChI=1S/C23H29NO/c1-15(2)25-22-5-4-20(16(3)6-7-24)11-21(22)23-12-17-8-18(13-23)10-19(9-17)14-23/h4-6,11,15,17-19H,8-10,12-14H2,1-3H3. The highest BCUT2D eigenvalue weighted by molar-refractivity contribution is 5.68. The summed E-state index contributed by atoms with van der Waals surface area (Å²) in [6, 6.07) is 8.78. The second-order valence-electron chi connectivity index (χ2n) is 9.03. The minimum atomic E-state index is 0.189. The van der Waals surface area contributed by atoms with Crippen LogP contribution in [0.5, 0.6) is 5.75 Å².